The monoisotopic (exact) mass is 496 g/mol. The van der Waals surface area contributed by atoms with E-state index >= 15 is 0 Å². The van der Waals surface area contributed by atoms with Gasteiger partial charge in [-0.1, -0.05) is 97.9 Å². The Labute approximate surface area is 222 Å². The van der Waals surface area contributed by atoms with Crippen molar-refractivity contribution in [3.05, 3.63) is 108 Å². The largest absolute Gasteiger partial charge is 0.348 e. The first-order valence-corrected chi connectivity index (χ1v) is 13.6. The summed E-state index contributed by atoms with van der Waals surface area (Å²) in [5, 5.41) is 0. The summed E-state index contributed by atoms with van der Waals surface area (Å²) in [6.07, 6.45) is 3.27. The summed E-state index contributed by atoms with van der Waals surface area (Å²) < 4.78 is 0. The molecule has 1 unspecified atom stereocenters. The number of benzene rings is 3. The molecule has 0 aromatic heterocycles. The standard InChI is InChI=1S/C33H40N2O2/c1-4-30(36)31(26-14-8-5-9-15-26)27-20-23-35(24-21-27)25-22-33(32(37)34(2)3,28-16-10-6-11-17-28)29-18-12-7-13-19-29/h5-19,27,31H,4,20-25H2,1-3H3. The fraction of sp³-hybridized carbons (Fsp3) is 0.394. The lowest BCUT2D eigenvalue weighted by Crippen LogP contribution is -2.47. The Hall–Kier alpha value is -3.24. The van der Waals surface area contributed by atoms with Crippen LogP contribution in [-0.4, -0.2) is 55.2 Å². The third kappa shape index (κ3) is 5.86. The molecule has 4 nitrogen and oxygen atoms in total. The van der Waals surface area contributed by atoms with Gasteiger partial charge < -0.3 is 9.80 Å². The van der Waals surface area contributed by atoms with Crippen LogP contribution in [0.15, 0.2) is 91.0 Å². The summed E-state index contributed by atoms with van der Waals surface area (Å²) in [5.74, 6) is 0.796. The van der Waals surface area contributed by atoms with Crippen molar-refractivity contribution in [1.29, 1.82) is 0 Å². The molecule has 1 aliphatic rings. The second-order valence-corrected chi connectivity index (χ2v) is 10.5. The lowest BCUT2D eigenvalue weighted by atomic mass is 9.70. The number of ketones is 1. The number of nitrogens with zero attached hydrogens (tertiary/aromatic N) is 2. The van der Waals surface area contributed by atoms with Gasteiger partial charge in [0.15, 0.2) is 0 Å². The van der Waals surface area contributed by atoms with E-state index in [0.29, 0.717) is 24.5 Å². The molecule has 0 spiro atoms. The van der Waals surface area contributed by atoms with Gasteiger partial charge in [0.1, 0.15) is 11.2 Å². The molecule has 1 aliphatic heterocycles. The van der Waals surface area contributed by atoms with E-state index in [0.717, 1.165) is 49.2 Å². The maximum absolute atomic E-state index is 13.9. The maximum Gasteiger partial charge on any atom is 0.237 e. The van der Waals surface area contributed by atoms with Crippen molar-refractivity contribution < 1.29 is 9.59 Å². The van der Waals surface area contributed by atoms with Crippen LogP contribution in [0.3, 0.4) is 0 Å². The Morgan fingerprint density at radius 1 is 0.838 bits per heavy atom. The van der Waals surface area contributed by atoms with E-state index in [1.165, 1.54) is 0 Å². The van der Waals surface area contributed by atoms with E-state index < -0.39 is 5.41 Å². The fourth-order valence-corrected chi connectivity index (χ4v) is 6.07. The molecular weight excluding hydrogens is 456 g/mol. The molecule has 1 saturated heterocycles. The van der Waals surface area contributed by atoms with Crippen LogP contribution in [-0.2, 0) is 15.0 Å². The molecule has 194 valence electrons. The van der Waals surface area contributed by atoms with Crippen molar-refractivity contribution in [2.45, 2.75) is 43.9 Å². The molecule has 4 rings (SSSR count). The molecule has 0 bridgehead atoms. The molecule has 1 fully saturated rings. The number of rotatable bonds is 10. The quantitative estimate of drug-likeness (QED) is 0.350. The SMILES string of the molecule is CCC(=O)C(c1ccccc1)C1CCN(CCC(C(=O)N(C)C)(c2ccccc2)c2ccccc2)CC1. The smallest absolute Gasteiger partial charge is 0.237 e. The zero-order valence-corrected chi connectivity index (χ0v) is 22.5. The summed E-state index contributed by atoms with van der Waals surface area (Å²) in [6.45, 7) is 4.69. The van der Waals surface area contributed by atoms with E-state index in [4.69, 9.17) is 0 Å². The van der Waals surface area contributed by atoms with Crippen molar-refractivity contribution >= 4 is 11.7 Å². The van der Waals surface area contributed by atoms with Crippen LogP contribution >= 0.6 is 0 Å². The first kappa shape index (κ1) is 26.8. The van der Waals surface area contributed by atoms with Gasteiger partial charge >= 0.3 is 0 Å². The first-order chi connectivity index (χ1) is 18.0. The summed E-state index contributed by atoms with van der Waals surface area (Å²) in [4.78, 5) is 31.1. The van der Waals surface area contributed by atoms with Crippen LogP contribution in [0, 0.1) is 5.92 Å². The Morgan fingerprint density at radius 3 is 1.78 bits per heavy atom. The lowest BCUT2D eigenvalue weighted by molar-refractivity contribution is -0.133. The normalized spacial score (nSPS) is 15.8. The number of amides is 1. The van der Waals surface area contributed by atoms with Gasteiger partial charge in [0, 0.05) is 26.4 Å². The number of Topliss-reactive ketones (excluding diaryl/α,β-unsaturated/α-hetero) is 1. The lowest BCUT2D eigenvalue weighted by Gasteiger charge is -2.40. The third-order valence-corrected chi connectivity index (χ3v) is 8.07. The highest BCUT2D eigenvalue weighted by Crippen LogP contribution is 2.39. The summed E-state index contributed by atoms with van der Waals surface area (Å²) in [6, 6.07) is 30.7. The van der Waals surface area contributed by atoms with E-state index in [2.05, 4.69) is 41.3 Å². The third-order valence-electron chi connectivity index (χ3n) is 8.07. The molecule has 0 saturated carbocycles. The predicted molar refractivity (Wildman–Crippen MR) is 151 cm³/mol. The molecule has 37 heavy (non-hydrogen) atoms. The molecule has 1 amide bonds. The summed E-state index contributed by atoms with van der Waals surface area (Å²) >= 11 is 0. The molecule has 1 atom stereocenters. The number of carbonyl (C=O) groups excluding carboxylic acids is 2. The molecule has 1 heterocycles. The molecule has 3 aromatic carbocycles. The van der Waals surface area contributed by atoms with Crippen molar-refractivity contribution in [2.24, 2.45) is 5.92 Å². The highest BCUT2D eigenvalue weighted by molar-refractivity contribution is 5.92. The van der Waals surface area contributed by atoms with Gasteiger partial charge in [0.25, 0.3) is 0 Å². The van der Waals surface area contributed by atoms with Crippen LogP contribution in [0.25, 0.3) is 0 Å². The second kappa shape index (κ2) is 12.3. The van der Waals surface area contributed by atoms with E-state index in [1.807, 2.05) is 75.6 Å². The van der Waals surface area contributed by atoms with Gasteiger partial charge in [-0.3, -0.25) is 9.59 Å². The molecule has 0 N–H and O–H groups in total. The van der Waals surface area contributed by atoms with Crippen LogP contribution in [0.4, 0.5) is 0 Å². The van der Waals surface area contributed by atoms with Crippen LogP contribution < -0.4 is 0 Å². The van der Waals surface area contributed by atoms with E-state index in [9.17, 15) is 9.59 Å². The highest BCUT2D eigenvalue weighted by Gasteiger charge is 2.43. The van der Waals surface area contributed by atoms with Gasteiger partial charge in [-0.2, -0.15) is 0 Å². The minimum atomic E-state index is -0.742. The van der Waals surface area contributed by atoms with Gasteiger partial charge in [-0.15, -0.1) is 0 Å². The number of carbonyl (C=O) groups is 2. The van der Waals surface area contributed by atoms with Crippen molar-refractivity contribution in [1.82, 2.24) is 9.80 Å². The minimum Gasteiger partial charge on any atom is -0.348 e. The van der Waals surface area contributed by atoms with Crippen LogP contribution in [0.5, 0.6) is 0 Å². The topological polar surface area (TPSA) is 40.6 Å². The van der Waals surface area contributed by atoms with Crippen molar-refractivity contribution in [2.75, 3.05) is 33.7 Å². The van der Waals surface area contributed by atoms with Gasteiger partial charge in [0.05, 0.1) is 0 Å². The Morgan fingerprint density at radius 2 is 1.32 bits per heavy atom. The Balaban J connectivity index is 1.54. The molecule has 0 aliphatic carbocycles. The first-order valence-electron chi connectivity index (χ1n) is 13.6. The minimum absolute atomic E-state index is 0.0172. The van der Waals surface area contributed by atoms with Gasteiger partial charge in [-0.25, -0.2) is 0 Å². The summed E-state index contributed by atoms with van der Waals surface area (Å²) in [5.41, 5.74) is 2.48. The fourth-order valence-electron chi connectivity index (χ4n) is 6.07. The number of piperidine rings is 1. The molecular formula is C33H40N2O2. The van der Waals surface area contributed by atoms with E-state index in [-0.39, 0.29) is 11.8 Å². The predicted octanol–water partition coefficient (Wildman–Crippen LogP) is 5.93. The Kier molecular flexibility index (Phi) is 8.94. The Bertz CT molecular complexity index is 1100. The average molecular weight is 497 g/mol. The molecule has 3 aromatic rings. The highest BCUT2D eigenvalue weighted by atomic mass is 16.2. The maximum atomic E-state index is 13.9. The van der Waals surface area contributed by atoms with Crippen molar-refractivity contribution in [3.63, 3.8) is 0 Å². The number of hydrogen-bond donors (Lipinski definition) is 0. The summed E-state index contributed by atoms with van der Waals surface area (Å²) in [7, 11) is 3.70. The molecule has 4 heteroatoms. The number of likely N-dealkylation sites (N-methyl/N-ethyl adjacent to an activating group) is 1. The number of hydrogen-bond acceptors (Lipinski definition) is 3. The van der Waals surface area contributed by atoms with Crippen LogP contribution in [0.1, 0.15) is 55.2 Å². The van der Waals surface area contributed by atoms with Crippen LogP contribution in [0.2, 0.25) is 0 Å². The molecule has 0 radical (unpaired) electrons. The zero-order valence-electron chi connectivity index (χ0n) is 22.5. The van der Waals surface area contributed by atoms with E-state index in [1.54, 1.807) is 4.90 Å². The number of likely N-dealkylation sites (tertiary alicyclic amines) is 1. The second-order valence-electron chi connectivity index (χ2n) is 10.5. The average Bonchev–Trinajstić information content (AvgIpc) is 2.95. The van der Waals surface area contributed by atoms with Gasteiger partial charge in [-0.05, 0) is 61.5 Å². The zero-order chi connectivity index (χ0) is 26.3. The van der Waals surface area contributed by atoms with Crippen molar-refractivity contribution in [3.8, 4) is 0 Å². The van der Waals surface area contributed by atoms with Gasteiger partial charge in [0.2, 0.25) is 5.91 Å².